The fourth-order valence-electron chi connectivity index (χ4n) is 7.48. The van der Waals surface area contributed by atoms with Crippen LogP contribution in [-0.2, 0) is 68.7 Å². The summed E-state index contributed by atoms with van der Waals surface area (Å²) in [6, 6.07) is -11.8. The lowest BCUT2D eigenvalue weighted by Gasteiger charge is -2.29. The van der Waals surface area contributed by atoms with Crippen LogP contribution in [0.25, 0.3) is 0 Å². The van der Waals surface area contributed by atoms with Gasteiger partial charge in [0, 0.05) is 36.5 Å². The van der Waals surface area contributed by atoms with Gasteiger partial charge in [-0.05, 0) is 55.7 Å². The molecule has 472 valence electrons. The molecule has 0 aliphatic heterocycles. The molecule has 0 bridgehead atoms. The topological polar surface area (TPSA) is 516 Å². The highest BCUT2D eigenvalue weighted by Gasteiger charge is 2.37. The molecule has 0 fully saturated rings. The molecular formula is C50H80N12O19S3. The lowest BCUT2D eigenvalue weighted by molar-refractivity contribution is -0.142. The highest BCUT2D eigenvalue weighted by Crippen LogP contribution is 2.14. The summed E-state index contributed by atoms with van der Waals surface area (Å²) < 4.78 is 0. The Labute approximate surface area is 500 Å². The first-order valence-corrected chi connectivity index (χ1v) is 28.3. The standard InChI is InChI=1S/C50H80N12O19S3/c1-6-23(4)38(48(78)60-34(20-83)45(75)56-31(17-63)43(73)54-29(15-22(2)3)42(72)55-30(50(80)81)16-25-7-9-26(66)10-8-25)61-44(74)32(18-64)57-49(79)39(24(5)65)62-47(77)35(21-84)59-46(76)33(19-82)58-41(71)28(12-13-36(52)67)53-40(70)27(51)11-14-37(68)69/h7-10,22-24,27-35,38-39,63-66,82-84H,6,11-21,51H2,1-5H3,(H2,52,67)(H,53,70)(H,54,73)(H,55,72)(H,56,75)(H,57,79)(H,58,71)(H,59,76)(H,60,78)(H,61,74)(H,62,77)(H,68,69)(H,80,81)/t23-,24+,27-,28-,29-,30-,31-,32-,33-,34-,35-,38-,39-/m0/s1. The number of aliphatic carboxylic acids is 2. The second-order valence-electron chi connectivity index (χ2n) is 19.9. The van der Waals surface area contributed by atoms with Crippen LogP contribution in [-0.4, -0.2) is 211 Å². The van der Waals surface area contributed by atoms with E-state index in [4.69, 9.17) is 16.6 Å². The van der Waals surface area contributed by atoms with Crippen LogP contribution in [0, 0.1) is 11.8 Å². The first-order valence-electron chi connectivity index (χ1n) is 26.4. The molecule has 0 aromatic heterocycles. The van der Waals surface area contributed by atoms with Crippen molar-refractivity contribution in [1.82, 2.24) is 53.2 Å². The largest absolute Gasteiger partial charge is 0.508 e. The third kappa shape index (κ3) is 26.3. The van der Waals surface area contributed by atoms with Gasteiger partial charge >= 0.3 is 11.9 Å². The average molecular weight is 1250 g/mol. The highest BCUT2D eigenvalue weighted by atomic mass is 32.1. The molecular weight excluding hydrogens is 1170 g/mol. The molecule has 84 heavy (non-hydrogen) atoms. The van der Waals surface area contributed by atoms with E-state index in [1.165, 1.54) is 31.2 Å². The number of benzene rings is 1. The summed E-state index contributed by atoms with van der Waals surface area (Å²) in [5, 5.41) is 82.5. The van der Waals surface area contributed by atoms with E-state index < -0.39 is 199 Å². The van der Waals surface area contributed by atoms with Crippen molar-refractivity contribution in [3.8, 4) is 5.75 Å². The zero-order valence-corrected chi connectivity index (χ0v) is 49.5. The SMILES string of the molecule is CC[C@H](C)[C@H](NC(=O)[C@H](CO)NC(=O)[C@@H](NC(=O)[C@H](CS)NC(=O)[C@H](CS)NC(=O)[C@H](CCC(N)=O)NC(=O)[C@@H](N)CCC(=O)O)[C@@H](C)O)C(=O)N[C@@H](CS)C(=O)N[C@@H](CO)C(=O)N[C@@H](CC(C)C)C(=O)N[C@@H](Cc1ccc(O)cc1)C(=O)O. The minimum atomic E-state index is -1.89. The molecule has 13 atom stereocenters. The summed E-state index contributed by atoms with van der Waals surface area (Å²) in [6.07, 6.45) is -3.26. The second kappa shape index (κ2) is 38.1. The number of nitrogens with one attached hydrogen (secondary N) is 10. The molecule has 0 unspecified atom stereocenters. The first kappa shape index (κ1) is 75.0. The van der Waals surface area contributed by atoms with Gasteiger partial charge in [0.15, 0.2) is 0 Å². The van der Waals surface area contributed by atoms with Crippen molar-refractivity contribution < 1.29 is 93.0 Å². The summed E-state index contributed by atoms with van der Waals surface area (Å²) in [4.78, 5) is 169. The second-order valence-corrected chi connectivity index (χ2v) is 21.0. The molecule has 34 heteroatoms. The molecule has 0 heterocycles. The molecule has 0 spiro atoms. The monoisotopic (exact) mass is 1250 g/mol. The van der Waals surface area contributed by atoms with Crippen LogP contribution in [0.2, 0.25) is 0 Å². The Morgan fingerprint density at radius 2 is 0.881 bits per heavy atom. The number of amides is 11. The van der Waals surface area contributed by atoms with Crippen molar-refractivity contribution in [3.63, 3.8) is 0 Å². The Morgan fingerprint density at radius 3 is 1.32 bits per heavy atom. The number of primary amides is 1. The quantitative estimate of drug-likeness (QED) is 0.0273. The summed E-state index contributed by atoms with van der Waals surface area (Å²) >= 11 is 12.3. The van der Waals surface area contributed by atoms with Crippen molar-refractivity contribution in [1.29, 1.82) is 0 Å². The number of hydrogen-bond acceptors (Lipinski definition) is 21. The van der Waals surface area contributed by atoms with Gasteiger partial charge < -0.3 is 95.3 Å². The Hall–Kier alpha value is -6.98. The zero-order chi connectivity index (χ0) is 64.1. The first-order chi connectivity index (χ1) is 39.4. The fourth-order valence-corrected chi connectivity index (χ4v) is 8.26. The van der Waals surface area contributed by atoms with Crippen LogP contribution >= 0.6 is 37.9 Å². The molecule has 0 aliphatic carbocycles. The maximum absolute atomic E-state index is 13.8. The number of aliphatic hydroxyl groups excluding tert-OH is 3. The van der Waals surface area contributed by atoms with E-state index in [1.54, 1.807) is 20.8 Å². The number of rotatable bonds is 39. The molecule has 1 aromatic carbocycles. The Morgan fingerprint density at radius 1 is 0.500 bits per heavy atom. The number of carbonyl (C=O) groups excluding carboxylic acids is 11. The highest BCUT2D eigenvalue weighted by molar-refractivity contribution is 7.80. The summed E-state index contributed by atoms with van der Waals surface area (Å²) in [5.74, 6) is -16.4. The predicted octanol–water partition coefficient (Wildman–Crippen LogP) is -6.43. The maximum Gasteiger partial charge on any atom is 0.326 e. The van der Waals surface area contributed by atoms with Crippen molar-refractivity contribution in [2.75, 3.05) is 30.5 Å². The van der Waals surface area contributed by atoms with Gasteiger partial charge in [0.1, 0.15) is 66.2 Å². The van der Waals surface area contributed by atoms with Gasteiger partial charge in [-0.25, -0.2) is 4.79 Å². The number of carboxylic acids is 2. The van der Waals surface area contributed by atoms with Crippen LogP contribution in [0.5, 0.6) is 5.75 Å². The van der Waals surface area contributed by atoms with Crippen molar-refractivity contribution in [3.05, 3.63) is 29.8 Å². The van der Waals surface area contributed by atoms with Crippen LogP contribution in [0.1, 0.15) is 78.7 Å². The number of carbonyl (C=O) groups is 13. The normalized spacial score (nSPS) is 15.8. The predicted molar refractivity (Wildman–Crippen MR) is 308 cm³/mol. The van der Waals surface area contributed by atoms with Crippen molar-refractivity contribution in [2.24, 2.45) is 23.3 Å². The van der Waals surface area contributed by atoms with E-state index in [1.807, 2.05) is 0 Å². The number of carboxylic acid groups (broad SMARTS) is 2. The molecule has 20 N–H and O–H groups in total. The van der Waals surface area contributed by atoms with E-state index >= 15 is 0 Å². The minimum Gasteiger partial charge on any atom is -0.508 e. The number of aromatic hydroxyl groups is 1. The third-order valence-corrected chi connectivity index (χ3v) is 13.7. The zero-order valence-electron chi connectivity index (χ0n) is 46.9. The molecule has 0 saturated carbocycles. The van der Waals surface area contributed by atoms with Crippen LogP contribution < -0.4 is 64.6 Å². The van der Waals surface area contributed by atoms with Crippen LogP contribution in [0.15, 0.2) is 24.3 Å². The number of phenols is 1. The van der Waals surface area contributed by atoms with Gasteiger partial charge in [0.2, 0.25) is 65.0 Å². The summed E-state index contributed by atoms with van der Waals surface area (Å²) in [5.41, 5.74) is 11.4. The van der Waals surface area contributed by atoms with Crippen molar-refractivity contribution in [2.45, 2.75) is 152 Å². The molecule has 31 nitrogen and oxygen atoms in total. The van der Waals surface area contributed by atoms with Gasteiger partial charge in [-0.2, -0.15) is 37.9 Å². The third-order valence-electron chi connectivity index (χ3n) is 12.6. The van der Waals surface area contributed by atoms with Gasteiger partial charge in [-0.1, -0.05) is 46.2 Å². The van der Waals surface area contributed by atoms with E-state index in [-0.39, 0.29) is 43.8 Å². The van der Waals surface area contributed by atoms with Crippen LogP contribution in [0.3, 0.4) is 0 Å². The summed E-state index contributed by atoms with van der Waals surface area (Å²) in [7, 11) is 0. The number of thiol groups is 3. The number of nitrogens with two attached hydrogens (primary N) is 2. The minimum absolute atomic E-state index is 0.0102. The van der Waals surface area contributed by atoms with Gasteiger partial charge in [-0.15, -0.1) is 0 Å². The van der Waals surface area contributed by atoms with E-state index in [0.29, 0.717) is 5.56 Å². The van der Waals surface area contributed by atoms with E-state index in [9.17, 15) is 87.9 Å². The van der Waals surface area contributed by atoms with Gasteiger partial charge in [0.05, 0.1) is 25.4 Å². The maximum atomic E-state index is 13.8. The Bertz CT molecular complexity index is 2450. The lowest BCUT2D eigenvalue weighted by atomic mass is 9.97. The number of hydrogen-bond donors (Lipinski definition) is 21. The van der Waals surface area contributed by atoms with E-state index in [0.717, 1.165) is 6.92 Å². The Balaban J connectivity index is 3.16. The summed E-state index contributed by atoms with van der Waals surface area (Å²) in [6.45, 7) is 5.55. The molecule has 0 aliphatic rings. The Kier molecular flexibility index (Phi) is 34.0. The molecule has 0 saturated heterocycles. The lowest BCUT2D eigenvalue weighted by Crippen LogP contribution is -2.63. The molecule has 11 amide bonds. The average Bonchev–Trinajstić information content (AvgIpc) is 3.47. The number of phenolic OH excluding ortho intramolecular Hbond substituents is 1. The van der Waals surface area contributed by atoms with Gasteiger partial charge in [0.25, 0.3) is 0 Å². The molecule has 0 radical (unpaired) electrons. The number of aliphatic hydroxyl groups is 3. The molecule has 1 aromatic rings. The fraction of sp³-hybridized carbons (Fsp3) is 0.620. The van der Waals surface area contributed by atoms with Gasteiger partial charge in [-0.3, -0.25) is 57.5 Å². The smallest absolute Gasteiger partial charge is 0.326 e. The molecule has 1 rings (SSSR count). The van der Waals surface area contributed by atoms with Crippen LogP contribution in [0.4, 0.5) is 0 Å². The van der Waals surface area contributed by atoms with Crippen molar-refractivity contribution >= 4 is 115 Å². The van der Waals surface area contributed by atoms with E-state index in [2.05, 4.69) is 91.1 Å².